The molecule has 1 aliphatic carbocycles. The summed E-state index contributed by atoms with van der Waals surface area (Å²) in [7, 11) is 0. The monoisotopic (exact) mass is 253 g/mol. The quantitative estimate of drug-likeness (QED) is 0.819. The molecule has 0 aromatic carbocycles. The molecule has 2 heterocycles. The number of aliphatic hydroxyl groups is 1. The maximum absolute atomic E-state index is 10.4. The highest BCUT2D eigenvalue weighted by molar-refractivity contribution is 5.03. The van der Waals surface area contributed by atoms with Gasteiger partial charge in [0.05, 0.1) is 11.2 Å². The van der Waals surface area contributed by atoms with Gasteiger partial charge in [-0.25, -0.2) is 0 Å². The standard InChI is InChI=1S/C15H27NO2/c1-12(2)15(17)10-16(11-15)13-5-8-18-14(9-13)6-3-4-7-14/h12-13,17H,3-11H2,1-2H3. The van der Waals surface area contributed by atoms with Crippen molar-refractivity contribution in [3.8, 4) is 0 Å². The van der Waals surface area contributed by atoms with Crippen molar-refractivity contribution < 1.29 is 9.84 Å². The van der Waals surface area contributed by atoms with Gasteiger partial charge in [0.2, 0.25) is 0 Å². The lowest BCUT2D eigenvalue weighted by molar-refractivity contribution is -0.173. The van der Waals surface area contributed by atoms with E-state index >= 15 is 0 Å². The first kappa shape index (κ1) is 12.9. The molecule has 0 amide bonds. The van der Waals surface area contributed by atoms with E-state index in [1.165, 1.54) is 32.1 Å². The molecule has 104 valence electrons. The van der Waals surface area contributed by atoms with E-state index in [2.05, 4.69) is 18.7 Å². The summed E-state index contributed by atoms with van der Waals surface area (Å²) in [4.78, 5) is 2.49. The number of ether oxygens (including phenoxy) is 1. The Hall–Kier alpha value is -0.120. The van der Waals surface area contributed by atoms with Gasteiger partial charge in [-0.05, 0) is 31.6 Å². The summed E-state index contributed by atoms with van der Waals surface area (Å²) in [6, 6.07) is 0.649. The van der Waals surface area contributed by atoms with Crippen LogP contribution in [-0.4, -0.2) is 46.9 Å². The minimum Gasteiger partial charge on any atom is -0.387 e. The summed E-state index contributed by atoms with van der Waals surface area (Å²) >= 11 is 0. The minimum atomic E-state index is -0.429. The third-order valence-corrected chi connectivity index (χ3v) is 5.53. The van der Waals surface area contributed by atoms with Crippen molar-refractivity contribution in [3.05, 3.63) is 0 Å². The zero-order valence-electron chi connectivity index (χ0n) is 11.8. The average molecular weight is 253 g/mol. The third-order valence-electron chi connectivity index (χ3n) is 5.53. The molecular formula is C15H27NO2. The molecule has 0 radical (unpaired) electrons. The van der Waals surface area contributed by atoms with Crippen molar-refractivity contribution >= 4 is 0 Å². The van der Waals surface area contributed by atoms with Crippen LogP contribution in [0.15, 0.2) is 0 Å². The molecule has 2 aliphatic heterocycles. The first-order valence-electron chi connectivity index (χ1n) is 7.63. The normalized spacial score (nSPS) is 35.0. The van der Waals surface area contributed by atoms with Crippen LogP contribution >= 0.6 is 0 Å². The summed E-state index contributed by atoms with van der Waals surface area (Å²) in [5, 5.41) is 10.4. The number of β-amino-alcohol motifs (C(OH)–C–C–N with tert-alkyl or cyclic N) is 1. The van der Waals surface area contributed by atoms with E-state index in [-0.39, 0.29) is 5.60 Å². The zero-order valence-corrected chi connectivity index (χ0v) is 11.8. The molecule has 18 heavy (non-hydrogen) atoms. The number of rotatable bonds is 2. The van der Waals surface area contributed by atoms with Gasteiger partial charge in [0.1, 0.15) is 0 Å². The van der Waals surface area contributed by atoms with Crippen LogP contribution in [0.3, 0.4) is 0 Å². The predicted octanol–water partition coefficient (Wildman–Crippen LogP) is 2.18. The predicted molar refractivity (Wildman–Crippen MR) is 71.5 cm³/mol. The van der Waals surface area contributed by atoms with E-state index in [1.54, 1.807) is 0 Å². The largest absolute Gasteiger partial charge is 0.387 e. The SMILES string of the molecule is CC(C)C1(O)CN(C2CCOC3(CCCC3)C2)C1. The molecule has 1 atom stereocenters. The van der Waals surface area contributed by atoms with Crippen molar-refractivity contribution in [1.29, 1.82) is 0 Å². The lowest BCUT2D eigenvalue weighted by Crippen LogP contribution is -2.68. The van der Waals surface area contributed by atoms with Gasteiger partial charge in [-0.15, -0.1) is 0 Å². The van der Waals surface area contributed by atoms with Gasteiger partial charge in [-0.3, -0.25) is 4.90 Å². The van der Waals surface area contributed by atoms with E-state index in [4.69, 9.17) is 4.74 Å². The third kappa shape index (κ3) is 2.10. The summed E-state index contributed by atoms with van der Waals surface area (Å²) in [5.41, 5.74) is -0.227. The fourth-order valence-electron chi connectivity index (χ4n) is 3.96. The van der Waals surface area contributed by atoms with Crippen molar-refractivity contribution in [2.24, 2.45) is 5.92 Å². The summed E-state index contributed by atoms with van der Waals surface area (Å²) in [6.07, 6.45) is 7.53. The highest BCUT2D eigenvalue weighted by atomic mass is 16.5. The van der Waals surface area contributed by atoms with Crippen LogP contribution in [0.25, 0.3) is 0 Å². The first-order chi connectivity index (χ1) is 8.53. The van der Waals surface area contributed by atoms with E-state index < -0.39 is 5.60 Å². The summed E-state index contributed by atoms with van der Waals surface area (Å²) < 4.78 is 6.09. The molecule has 3 aliphatic rings. The molecule has 3 heteroatoms. The van der Waals surface area contributed by atoms with Gasteiger partial charge in [0.25, 0.3) is 0 Å². The molecule has 1 saturated carbocycles. The molecule has 2 saturated heterocycles. The molecule has 3 rings (SSSR count). The summed E-state index contributed by atoms with van der Waals surface area (Å²) in [5.74, 6) is 0.369. The number of hydrogen-bond acceptors (Lipinski definition) is 3. The van der Waals surface area contributed by atoms with Crippen LogP contribution in [0.2, 0.25) is 0 Å². The summed E-state index contributed by atoms with van der Waals surface area (Å²) in [6.45, 7) is 6.90. The number of hydrogen-bond donors (Lipinski definition) is 1. The molecule has 0 aromatic heterocycles. The second-order valence-corrected chi connectivity index (χ2v) is 7.05. The van der Waals surface area contributed by atoms with Gasteiger partial charge in [0, 0.05) is 25.7 Å². The van der Waals surface area contributed by atoms with E-state index in [9.17, 15) is 5.11 Å². The van der Waals surface area contributed by atoms with Crippen LogP contribution in [0.4, 0.5) is 0 Å². The molecule has 3 nitrogen and oxygen atoms in total. The zero-order chi connectivity index (χ0) is 12.8. The van der Waals surface area contributed by atoms with Gasteiger partial charge in [-0.2, -0.15) is 0 Å². The Morgan fingerprint density at radius 1 is 1.22 bits per heavy atom. The average Bonchev–Trinajstić information content (AvgIpc) is 2.72. The molecular weight excluding hydrogens is 226 g/mol. The number of nitrogens with zero attached hydrogens (tertiary/aromatic N) is 1. The lowest BCUT2D eigenvalue weighted by Gasteiger charge is -2.55. The van der Waals surface area contributed by atoms with Gasteiger partial charge < -0.3 is 9.84 Å². The van der Waals surface area contributed by atoms with Crippen LogP contribution < -0.4 is 0 Å². The van der Waals surface area contributed by atoms with Crippen molar-refractivity contribution in [2.45, 2.75) is 69.6 Å². The first-order valence-corrected chi connectivity index (χ1v) is 7.63. The fraction of sp³-hybridized carbons (Fsp3) is 1.00. The van der Waals surface area contributed by atoms with Gasteiger partial charge in [-0.1, -0.05) is 26.7 Å². The molecule has 1 spiro atoms. The Morgan fingerprint density at radius 3 is 2.50 bits per heavy atom. The number of likely N-dealkylation sites (tertiary alicyclic amines) is 1. The lowest BCUT2D eigenvalue weighted by atomic mass is 9.79. The van der Waals surface area contributed by atoms with Crippen LogP contribution in [0, 0.1) is 5.92 Å². The second-order valence-electron chi connectivity index (χ2n) is 7.05. The van der Waals surface area contributed by atoms with E-state index in [1.807, 2.05) is 0 Å². The maximum atomic E-state index is 10.4. The molecule has 0 aromatic rings. The van der Waals surface area contributed by atoms with Crippen molar-refractivity contribution in [2.75, 3.05) is 19.7 Å². The Kier molecular flexibility index (Phi) is 3.20. The molecule has 1 N–H and O–H groups in total. The van der Waals surface area contributed by atoms with Crippen molar-refractivity contribution in [1.82, 2.24) is 4.90 Å². The Morgan fingerprint density at radius 2 is 1.89 bits per heavy atom. The van der Waals surface area contributed by atoms with Crippen molar-refractivity contribution in [3.63, 3.8) is 0 Å². The second kappa shape index (κ2) is 4.46. The fourth-order valence-corrected chi connectivity index (χ4v) is 3.96. The van der Waals surface area contributed by atoms with Gasteiger partial charge >= 0.3 is 0 Å². The smallest absolute Gasteiger partial charge is 0.0923 e. The van der Waals surface area contributed by atoms with E-state index in [0.717, 1.165) is 26.1 Å². The highest BCUT2D eigenvalue weighted by Gasteiger charge is 2.49. The Balaban J connectivity index is 1.58. The Bertz CT molecular complexity index is 304. The van der Waals surface area contributed by atoms with E-state index in [0.29, 0.717) is 12.0 Å². The van der Waals surface area contributed by atoms with Crippen LogP contribution in [-0.2, 0) is 4.74 Å². The molecule has 1 unspecified atom stereocenters. The Labute approximate surface area is 110 Å². The van der Waals surface area contributed by atoms with Crippen LogP contribution in [0.5, 0.6) is 0 Å². The topological polar surface area (TPSA) is 32.7 Å². The molecule has 0 bridgehead atoms. The van der Waals surface area contributed by atoms with Crippen LogP contribution in [0.1, 0.15) is 52.4 Å². The molecule has 3 fully saturated rings. The minimum absolute atomic E-state index is 0.203. The maximum Gasteiger partial charge on any atom is 0.0923 e. The van der Waals surface area contributed by atoms with Gasteiger partial charge in [0.15, 0.2) is 0 Å². The highest BCUT2D eigenvalue weighted by Crippen LogP contribution is 2.43.